The maximum atomic E-state index is 13.5. The van der Waals surface area contributed by atoms with Gasteiger partial charge in [-0.05, 0) is 68.4 Å². The number of nitrogens with zero attached hydrogens (tertiary/aromatic N) is 3. The normalized spacial score (nSPS) is 13.7. The monoisotopic (exact) mass is 629 g/mol. The third kappa shape index (κ3) is 6.57. The number of pyridine rings is 2. The number of carbonyl (C=O) groups excluding carboxylic acids is 2. The van der Waals surface area contributed by atoms with Crippen LogP contribution in [0, 0.1) is 0 Å². The minimum atomic E-state index is -4.10. The van der Waals surface area contributed by atoms with E-state index in [0.717, 1.165) is 49.5 Å². The fourth-order valence-corrected chi connectivity index (χ4v) is 7.04. The van der Waals surface area contributed by atoms with Gasteiger partial charge in [-0.2, -0.15) is 0 Å². The number of benzene rings is 1. The number of carbonyl (C=O) groups is 2. The lowest BCUT2D eigenvalue weighted by molar-refractivity contribution is 0.0951. The van der Waals surface area contributed by atoms with Crippen LogP contribution in [0.3, 0.4) is 0 Å². The molecule has 3 amide bonds. The van der Waals surface area contributed by atoms with Crippen LogP contribution in [0.25, 0.3) is 16.6 Å². The number of hydrogen-bond acceptors (Lipinski definition) is 9. The van der Waals surface area contributed by atoms with E-state index >= 15 is 0 Å². The molecule has 4 aromatic rings. The molecule has 12 nitrogen and oxygen atoms in total. The van der Waals surface area contributed by atoms with Gasteiger partial charge in [-0.25, -0.2) is 22.9 Å². The molecule has 0 unspecified atom stereocenters. The van der Waals surface area contributed by atoms with Crippen LogP contribution in [0.4, 0.5) is 16.2 Å². The molecule has 1 saturated heterocycles. The number of nitrogens with one attached hydrogen (secondary N) is 4. The zero-order chi connectivity index (χ0) is 29.9. The SMILES string of the molecule is CNc1ccc2c(=O)n(-c3ccc(NC(=O)NS(=O)(=O)c4ccc(Cl)s4)cn3)cc(C(=O)NCCN3CCCC3)c2c1. The van der Waals surface area contributed by atoms with Gasteiger partial charge in [0.1, 0.15) is 10.0 Å². The number of hydrogen-bond donors (Lipinski definition) is 4. The van der Waals surface area contributed by atoms with Crippen molar-refractivity contribution < 1.29 is 18.0 Å². The van der Waals surface area contributed by atoms with Gasteiger partial charge in [0, 0.05) is 42.8 Å². The van der Waals surface area contributed by atoms with E-state index in [0.29, 0.717) is 22.9 Å². The molecule has 0 spiro atoms. The number of halogens is 1. The van der Waals surface area contributed by atoms with Crippen LogP contribution in [0.15, 0.2) is 63.9 Å². The first-order chi connectivity index (χ1) is 20.1. The second-order valence-electron chi connectivity index (χ2n) is 9.56. The number of urea groups is 1. The van der Waals surface area contributed by atoms with Crippen molar-refractivity contribution in [3.63, 3.8) is 0 Å². The van der Waals surface area contributed by atoms with Crippen molar-refractivity contribution in [3.05, 3.63) is 75.1 Å². The van der Waals surface area contributed by atoms with Gasteiger partial charge in [0.2, 0.25) is 0 Å². The fraction of sp³-hybridized carbons (Fsp3) is 0.259. The van der Waals surface area contributed by atoms with Crippen LogP contribution in [0.1, 0.15) is 23.2 Å². The molecule has 4 N–H and O–H groups in total. The summed E-state index contributed by atoms with van der Waals surface area (Å²) in [5, 5.41) is 9.25. The number of amides is 3. The van der Waals surface area contributed by atoms with Crippen molar-refractivity contribution in [2.45, 2.75) is 17.1 Å². The smallest absolute Gasteiger partial charge is 0.333 e. The van der Waals surface area contributed by atoms with E-state index < -0.39 is 16.1 Å². The van der Waals surface area contributed by atoms with Crippen molar-refractivity contribution in [1.29, 1.82) is 0 Å². The van der Waals surface area contributed by atoms with E-state index in [4.69, 9.17) is 11.6 Å². The van der Waals surface area contributed by atoms with E-state index in [1.807, 2.05) is 4.72 Å². The molecule has 4 heterocycles. The minimum absolute atomic E-state index is 0.107. The van der Waals surface area contributed by atoms with Crippen molar-refractivity contribution in [2.75, 3.05) is 43.9 Å². The molecule has 1 aliphatic rings. The molecule has 3 aromatic heterocycles. The number of anilines is 2. The molecule has 42 heavy (non-hydrogen) atoms. The highest BCUT2D eigenvalue weighted by Gasteiger charge is 2.21. The van der Waals surface area contributed by atoms with Crippen molar-refractivity contribution in [2.24, 2.45) is 0 Å². The number of fused-ring (bicyclic) bond motifs is 1. The number of rotatable bonds is 9. The van der Waals surface area contributed by atoms with E-state index in [2.05, 4.69) is 25.8 Å². The molecule has 0 bridgehead atoms. The number of likely N-dealkylation sites (tertiary alicyclic amines) is 1. The van der Waals surface area contributed by atoms with Crippen molar-refractivity contribution in [1.82, 2.24) is 24.5 Å². The van der Waals surface area contributed by atoms with Crippen LogP contribution in [0.5, 0.6) is 0 Å². The van der Waals surface area contributed by atoms with E-state index in [1.165, 1.54) is 41.2 Å². The Labute approximate surface area is 250 Å². The topological polar surface area (TPSA) is 155 Å². The minimum Gasteiger partial charge on any atom is -0.388 e. The largest absolute Gasteiger partial charge is 0.388 e. The molecule has 0 saturated carbocycles. The molecule has 0 radical (unpaired) electrons. The Balaban J connectivity index is 1.38. The first-order valence-corrected chi connectivity index (χ1v) is 15.8. The fourth-order valence-electron chi connectivity index (χ4n) is 4.65. The van der Waals surface area contributed by atoms with Gasteiger partial charge >= 0.3 is 6.03 Å². The van der Waals surface area contributed by atoms with Crippen LogP contribution < -0.4 is 26.2 Å². The van der Waals surface area contributed by atoms with Crippen molar-refractivity contribution in [3.8, 4) is 5.82 Å². The number of sulfonamides is 1. The third-order valence-corrected chi connectivity index (χ3v) is 9.81. The van der Waals surface area contributed by atoms with Gasteiger partial charge in [0.05, 0.1) is 21.8 Å². The highest BCUT2D eigenvalue weighted by molar-refractivity contribution is 7.92. The standard InChI is InChI=1S/C27H28ClN7O5S2/c1-29-17-4-6-19-20(14-17)21(25(36)30-10-13-34-11-2-3-12-34)16-35(26(19)37)23-8-5-18(15-31-23)32-27(38)33-42(39,40)24-9-7-22(28)41-24/h4-9,14-16,29H,2-3,10-13H2,1H3,(H,30,36)(H2,32,33,38). The number of thiophene rings is 1. The maximum Gasteiger partial charge on any atom is 0.333 e. The molecule has 220 valence electrons. The molecular weight excluding hydrogens is 602 g/mol. The van der Waals surface area contributed by atoms with Crippen LogP contribution in [-0.2, 0) is 10.0 Å². The molecular formula is C27H28ClN7O5S2. The molecule has 5 rings (SSSR count). The van der Waals surface area contributed by atoms with Gasteiger partial charge in [0.25, 0.3) is 21.5 Å². The van der Waals surface area contributed by atoms with Crippen LogP contribution in [-0.4, -0.2) is 68.0 Å². The first-order valence-electron chi connectivity index (χ1n) is 13.1. The molecule has 1 aromatic carbocycles. The molecule has 1 aliphatic heterocycles. The second-order valence-corrected chi connectivity index (χ2v) is 13.2. The molecule has 0 atom stereocenters. The summed E-state index contributed by atoms with van der Waals surface area (Å²) >= 11 is 6.61. The first kappa shape index (κ1) is 29.5. The average Bonchev–Trinajstić information content (AvgIpc) is 3.65. The maximum absolute atomic E-state index is 13.5. The van der Waals surface area contributed by atoms with Gasteiger partial charge in [-0.15, -0.1) is 11.3 Å². The van der Waals surface area contributed by atoms with E-state index in [1.54, 1.807) is 25.2 Å². The Bertz CT molecular complexity index is 1800. The van der Waals surface area contributed by atoms with Crippen LogP contribution >= 0.6 is 22.9 Å². The summed E-state index contributed by atoms with van der Waals surface area (Å²) in [5.74, 6) is -0.109. The predicted molar refractivity (Wildman–Crippen MR) is 164 cm³/mol. The zero-order valence-electron chi connectivity index (χ0n) is 22.5. The Kier molecular flexibility index (Phi) is 8.77. The summed E-state index contributed by atoms with van der Waals surface area (Å²) in [7, 11) is -2.35. The summed E-state index contributed by atoms with van der Waals surface area (Å²) in [5.41, 5.74) is 0.864. The summed E-state index contributed by atoms with van der Waals surface area (Å²) in [4.78, 5) is 45.7. The third-order valence-electron chi connectivity index (χ3n) is 6.76. The van der Waals surface area contributed by atoms with Gasteiger partial charge < -0.3 is 20.9 Å². The van der Waals surface area contributed by atoms with Gasteiger partial charge in [0.15, 0.2) is 0 Å². The van der Waals surface area contributed by atoms with Gasteiger partial charge in [-0.3, -0.25) is 14.2 Å². The summed E-state index contributed by atoms with van der Waals surface area (Å²) in [6, 6.07) is 9.82. The Morgan fingerprint density at radius 2 is 1.81 bits per heavy atom. The summed E-state index contributed by atoms with van der Waals surface area (Å²) in [6.07, 6.45) is 5.05. The van der Waals surface area contributed by atoms with E-state index in [-0.39, 0.29) is 31.5 Å². The zero-order valence-corrected chi connectivity index (χ0v) is 24.9. The lowest BCUT2D eigenvalue weighted by Crippen LogP contribution is -2.34. The highest BCUT2D eigenvalue weighted by Crippen LogP contribution is 2.25. The predicted octanol–water partition coefficient (Wildman–Crippen LogP) is 3.48. The lowest BCUT2D eigenvalue weighted by Gasteiger charge is -2.16. The van der Waals surface area contributed by atoms with Crippen LogP contribution in [0.2, 0.25) is 4.34 Å². The van der Waals surface area contributed by atoms with Crippen molar-refractivity contribution >= 4 is 67.0 Å². The Morgan fingerprint density at radius 1 is 1.05 bits per heavy atom. The molecule has 1 fully saturated rings. The molecule has 15 heteroatoms. The summed E-state index contributed by atoms with van der Waals surface area (Å²) in [6.45, 7) is 3.26. The van der Waals surface area contributed by atoms with E-state index in [9.17, 15) is 22.8 Å². The highest BCUT2D eigenvalue weighted by atomic mass is 35.5. The quantitative estimate of drug-likeness (QED) is 0.219. The van der Waals surface area contributed by atoms with Gasteiger partial charge in [-0.1, -0.05) is 11.6 Å². The molecule has 0 aliphatic carbocycles. The Hall–Kier alpha value is -3.98. The summed E-state index contributed by atoms with van der Waals surface area (Å²) < 4.78 is 28.1. The Morgan fingerprint density at radius 3 is 2.48 bits per heavy atom. The lowest BCUT2D eigenvalue weighted by atomic mass is 10.1. The number of aromatic nitrogens is 2. The average molecular weight is 630 g/mol. The second kappa shape index (κ2) is 12.5.